The Morgan fingerprint density at radius 2 is 1.76 bits per heavy atom. The second-order valence-corrected chi connectivity index (χ2v) is 9.14. The first-order chi connectivity index (χ1) is 15.2. The van der Waals surface area contributed by atoms with Crippen molar-refractivity contribution in [2.45, 2.75) is 47.0 Å². The first-order valence-electron chi connectivity index (χ1n) is 11.6. The highest BCUT2D eigenvalue weighted by molar-refractivity contribution is 5.82. The van der Waals surface area contributed by atoms with Gasteiger partial charge in [-0.05, 0) is 65.2 Å². The molecule has 0 fully saturated rings. The van der Waals surface area contributed by atoms with Gasteiger partial charge in [-0.2, -0.15) is 0 Å². The van der Waals surface area contributed by atoms with Gasteiger partial charge in [-0.1, -0.05) is 11.6 Å². The standard InChI is InChI=1S/C26H39N2O4.BrH/c1-7-27(8-2)24(29)19-28(5,6)17-9-10-18-31-23-15-12-21-13-16-25(30)32-26(21)22(23)14-11-20(3)4;/h11-13,15-16H,7-10,14,17-19H2,1-6H3;1H/q+1;/p-1. The van der Waals surface area contributed by atoms with Crippen molar-refractivity contribution in [3.05, 3.63) is 51.9 Å². The van der Waals surface area contributed by atoms with Gasteiger partial charge in [0.25, 0.3) is 5.91 Å². The van der Waals surface area contributed by atoms with Crippen molar-refractivity contribution in [1.29, 1.82) is 0 Å². The van der Waals surface area contributed by atoms with Crippen molar-refractivity contribution in [2.75, 3.05) is 46.9 Å². The van der Waals surface area contributed by atoms with Crippen molar-refractivity contribution < 1.29 is 35.4 Å². The highest BCUT2D eigenvalue weighted by atomic mass is 79.9. The maximum absolute atomic E-state index is 12.4. The molecule has 0 radical (unpaired) electrons. The van der Waals surface area contributed by atoms with E-state index < -0.39 is 0 Å². The van der Waals surface area contributed by atoms with Gasteiger partial charge in [0.05, 0.1) is 27.2 Å². The summed E-state index contributed by atoms with van der Waals surface area (Å²) in [6, 6.07) is 7.12. The Balaban J connectivity index is 0.00000544. The van der Waals surface area contributed by atoms with E-state index in [1.807, 2.05) is 44.7 Å². The number of unbranched alkanes of at least 4 members (excludes halogenated alkanes) is 1. The average molecular weight is 524 g/mol. The van der Waals surface area contributed by atoms with Crippen LogP contribution < -0.4 is 27.3 Å². The Morgan fingerprint density at radius 1 is 1.09 bits per heavy atom. The van der Waals surface area contributed by atoms with E-state index in [1.165, 1.54) is 11.6 Å². The summed E-state index contributed by atoms with van der Waals surface area (Å²) in [4.78, 5) is 26.1. The zero-order valence-electron chi connectivity index (χ0n) is 20.9. The number of halogens is 1. The van der Waals surface area contributed by atoms with Crippen molar-refractivity contribution in [2.24, 2.45) is 0 Å². The quantitative estimate of drug-likeness (QED) is 0.183. The third kappa shape index (κ3) is 8.97. The van der Waals surface area contributed by atoms with Crippen LogP contribution in [-0.4, -0.2) is 62.2 Å². The summed E-state index contributed by atoms with van der Waals surface area (Å²) in [6.07, 6.45) is 4.62. The van der Waals surface area contributed by atoms with Crippen LogP contribution in [0.15, 0.2) is 45.1 Å². The van der Waals surface area contributed by atoms with E-state index in [0.717, 1.165) is 49.2 Å². The highest BCUT2D eigenvalue weighted by Gasteiger charge is 2.22. The fourth-order valence-electron chi connectivity index (χ4n) is 3.75. The molecule has 33 heavy (non-hydrogen) atoms. The summed E-state index contributed by atoms with van der Waals surface area (Å²) in [7, 11) is 4.20. The van der Waals surface area contributed by atoms with Gasteiger partial charge >= 0.3 is 5.63 Å². The molecule has 0 bridgehead atoms. The molecular weight excluding hydrogens is 484 g/mol. The second-order valence-electron chi connectivity index (χ2n) is 9.14. The summed E-state index contributed by atoms with van der Waals surface area (Å²) in [5, 5.41) is 0.894. The molecule has 0 aliphatic carbocycles. The lowest BCUT2D eigenvalue weighted by atomic mass is 10.1. The number of rotatable bonds is 12. The van der Waals surface area contributed by atoms with Crippen LogP contribution in [0.25, 0.3) is 11.0 Å². The van der Waals surface area contributed by atoms with Gasteiger partial charge < -0.3 is 35.5 Å². The molecule has 1 amide bonds. The predicted molar refractivity (Wildman–Crippen MR) is 130 cm³/mol. The average Bonchev–Trinajstić information content (AvgIpc) is 2.72. The lowest BCUT2D eigenvalue weighted by Crippen LogP contribution is -3.00. The third-order valence-corrected chi connectivity index (χ3v) is 5.66. The number of fused-ring (bicyclic) bond motifs is 1. The molecule has 6 nitrogen and oxygen atoms in total. The summed E-state index contributed by atoms with van der Waals surface area (Å²) in [5.74, 6) is 0.965. The lowest BCUT2D eigenvalue weighted by Gasteiger charge is -2.31. The van der Waals surface area contributed by atoms with Gasteiger partial charge in [0.15, 0.2) is 6.54 Å². The van der Waals surface area contributed by atoms with Gasteiger partial charge in [0.2, 0.25) is 0 Å². The lowest BCUT2D eigenvalue weighted by molar-refractivity contribution is -0.883. The van der Waals surface area contributed by atoms with E-state index in [-0.39, 0.29) is 28.5 Å². The van der Waals surface area contributed by atoms with E-state index >= 15 is 0 Å². The number of hydrogen-bond acceptors (Lipinski definition) is 4. The van der Waals surface area contributed by atoms with Crippen LogP contribution >= 0.6 is 0 Å². The molecule has 0 spiro atoms. The number of likely N-dealkylation sites (N-methyl/N-ethyl adjacent to an activating group) is 2. The van der Waals surface area contributed by atoms with Gasteiger partial charge in [-0.3, -0.25) is 4.79 Å². The Kier molecular flexibility index (Phi) is 11.9. The summed E-state index contributed by atoms with van der Waals surface area (Å²) in [6.45, 7) is 11.6. The number of amides is 1. The molecule has 0 aliphatic heterocycles. The van der Waals surface area contributed by atoms with Gasteiger partial charge in [0, 0.05) is 30.1 Å². The Morgan fingerprint density at radius 3 is 2.39 bits per heavy atom. The normalized spacial score (nSPS) is 11.1. The van der Waals surface area contributed by atoms with Crippen LogP contribution in [0, 0.1) is 0 Å². The summed E-state index contributed by atoms with van der Waals surface area (Å²) >= 11 is 0. The van der Waals surface area contributed by atoms with E-state index in [2.05, 4.69) is 20.2 Å². The molecule has 0 N–H and O–H groups in total. The van der Waals surface area contributed by atoms with Crippen LogP contribution in [-0.2, 0) is 11.2 Å². The molecule has 184 valence electrons. The molecule has 0 unspecified atom stereocenters. The molecule has 1 heterocycles. The number of quaternary nitrogens is 1. The molecule has 7 heteroatoms. The van der Waals surface area contributed by atoms with Crippen LogP contribution in [0.3, 0.4) is 0 Å². The molecule has 2 rings (SSSR count). The second kappa shape index (κ2) is 13.6. The zero-order valence-corrected chi connectivity index (χ0v) is 22.5. The molecule has 0 saturated heterocycles. The van der Waals surface area contributed by atoms with Crippen LogP contribution in [0.4, 0.5) is 0 Å². The number of ether oxygens (including phenoxy) is 1. The van der Waals surface area contributed by atoms with Crippen LogP contribution in [0.5, 0.6) is 5.75 Å². The first kappa shape index (κ1) is 28.9. The fourth-order valence-corrected chi connectivity index (χ4v) is 3.75. The largest absolute Gasteiger partial charge is 1.00 e. The molecule has 0 atom stereocenters. The van der Waals surface area contributed by atoms with E-state index in [0.29, 0.717) is 29.6 Å². The number of carbonyl (C=O) groups is 1. The highest BCUT2D eigenvalue weighted by Crippen LogP contribution is 2.28. The molecule has 1 aromatic carbocycles. The Labute approximate surface area is 208 Å². The van der Waals surface area contributed by atoms with E-state index in [1.54, 1.807) is 6.07 Å². The molecule has 2 aromatic rings. The number of carbonyl (C=O) groups excluding carboxylic acids is 1. The fraction of sp³-hybridized carbons (Fsp3) is 0.538. The molecular formula is C26H39BrN2O4. The summed E-state index contributed by atoms with van der Waals surface area (Å²) < 4.78 is 12.3. The Bertz CT molecular complexity index is 989. The number of nitrogens with zero attached hydrogens (tertiary/aromatic N) is 2. The smallest absolute Gasteiger partial charge is 0.336 e. The molecule has 1 aromatic heterocycles. The number of benzene rings is 1. The van der Waals surface area contributed by atoms with E-state index in [9.17, 15) is 9.59 Å². The van der Waals surface area contributed by atoms with Gasteiger partial charge in [-0.15, -0.1) is 0 Å². The van der Waals surface area contributed by atoms with Gasteiger partial charge in [0.1, 0.15) is 11.3 Å². The maximum Gasteiger partial charge on any atom is 0.336 e. The minimum absolute atomic E-state index is 0. The SMILES string of the molecule is CCN(CC)C(=O)C[N+](C)(C)CCCCOc1ccc2ccc(=O)oc2c1CC=C(C)C.[Br-]. The predicted octanol–water partition coefficient (Wildman–Crippen LogP) is 1.41. The van der Waals surface area contributed by atoms with Crippen molar-refractivity contribution >= 4 is 16.9 Å². The summed E-state index contributed by atoms with van der Waals surface area (Å²) in [5.41, 5.74) is 2.35. The minimum Gasteiger partial charge on any atom is -1.00 e. The van der Waals surface area contributed by atoms with Crippen molar-refractivity contribution in [1.82, 2.24) is 4.90 Å². The van der Waals surface area contributed by atoms with Crippen LogP contribution in [0.2, 0.25) is 0 Å². The molecule has 0 aliphatic rings. The minimum atomic E-state index is -0.354. The molecule has 0 saturated carbocycles. The van der Waals surface area contributed by atoms with Crippen LogP contribution in [0.1, 0.15) is 46.1 Å². The third-order valence-electron chi connectivity index (χ3n) is 5.66. The zero-order chi connectivity index (χ0) is 23.7. The monoisotopic (exact) mass is 522 g/mol. The number of hydrogen-bond donors (Lipinski definition) is 0. The van der Waals surface area contributed by atoms with Gasteiger partial charge in [-0.25, -0.2) is 4.79 Å². The van der Waals surface area contributed by atoms with Crippen molar-refractivity contribution in [3.8, 4) is 5.75 Å². The topological polar surface area (TPSA) is 59.8 Å². The first-order valence-corrected chi connectivity index (χ1v) is 11.6. The maximum atomic E-state index is 12.4. The Hall–Kier alpha value is -2.12. The number of allylic oxidation sites excluding steroid dienone is 2. The van der Waals surface area contributed by atoms with E-state index in [4.69, 9.17) is 9.15 Å². The van der Waals surface area contributed by atoms with Crippen molar-refractivity contribution in [3.63, 3.8) is 0 Å².